The summed E-state index contributed by atoms with van der Waals surface area (Å²) in [4.78, 5) is 21.4. The highest BCUT2D eigenvalue weighted by Gasteiger charge is 2.38. The van der Waals surface area contributed by atoms with Crippen molar-refractivity contribution in [1.82, 2.24) is 14.5 Å². The molecule has 1 atom stereocenters. The van der Waals surface area contributed by atoms with Gasteiger partial charge in [0.1, 0.15) is 5.82 Å². The van der Waals surface area contributed by atoms with Gasteiger partial charge in [0.2, 0.25) is 0 Å². The lowest BCUT2D eigenvalue weighted by atomic mass is 9.84. The van der Waals surface area contributed by atoms with Crippen molar-refractivity contribution in [3.63, 3.8) is 0 Å². The molecule has 1 amide bonds. The fourth-order valence-corrected chi connectivity index (χ4v) is 5.14. The van der Waals surface area contributed by atoms with Crippen LogP contribution in [0.2, 0.25) is 0 Å². The normalized spacial score (nSPS) is 12.3. The number of carbonyl (C=O) groups excluding carboxylic acids is 1. The van der Waals surface area contributed by atoms with Crippen LogP contribution in [0.3, 0.4) is 0 Å². The van der Waals surface area contributed by atoms with Crippen molar-refractivity contribution in [2.45, 2.75) is 59.0 Å². The zero-order valence-corrected chi connectivity index (χ0v) is 23.5. The van der Waals surface area contributed by atoms with Crippen molar-refractivity contribution in [3.8, 4) is 11.3 Å². The van der Waals surface area contributed by atoms with Crippen LogP contribution in [0.25, 0.3) is 11.3 Å². The summed E-state index contributed by atoms with van der Waals surface area (Å²) in [7, 11) is 0. The lowest BCUT2D eigenvalue weighted by Gasteiger charge is -2.40. The number of rotatable bonds is 12. The monoisotopic (exact) mass is 523 g/mol. The van der Waals surface area contributed by atoms with Crippen LogP contribution in [-0.2, 0) is 6.54 Å². The van der Waals surface area contributed by atoms with Crippen LogP contribution in [0.1, 0.15) is 74.2 Å². The van der Waals surface area contributed by atoms with Crippen LogP contribution in [0.15, 0.2) is 97.2 Å². The largest absolute Gasteiger partial charge is 0.396 e. The topological polar surface area (TPSA) is 58.4 Å². The number of benzene rings is 3. The highest BCUT2D eigenvalue weighted by molar-refractivity contribution is 5.94. The van der Waals surface area contributed by atoms with Crippen molar-refractivity contribution in [1.29, 1.82) is 0 Å². The van der Waals surface area contributed by atoms with Gasteiger partial charge in [-0.3, -0.25) is 4.79 Å². The van der Waals surface area contributed by atoms with Gasteiger partial charge in [0.15, 0.2) is 0 Å². The standard InChI is InChI=1S/C34H41N3O2/c1-34(2,3)31(37(23-15-4-5-16-24-38)33(39)29-21-13-8-14-22-29)32-35-30(28-19-11-7-12-20-28)26-36(32)25-27-17-9-6-10-18-27/h6-14,17-22,26,31,38H,4-5,15-16,23-25H2,1-3H3/t31-/m0/s1. The molecule has 0 aliphatic carbocycles. The SMILES string of the molecule is CC(C)(C)[C@H](c1nc(-c2ccccc2)cn1Cc1ccccc1)N(CCCCCCO)C(=O)c1ccccc1. The highest BCUT2D eigenvalue weighted by Crippen LogP contribution is 2.40. The summed E-state index contributed by atoms with van der Waals surface area (Å²) < 4.78 is 2.23. The van der Waals surface area contributed by atoms with Gasteiger partial charge in [-0.05, 0) is 36.0 Å². The first-order chi connectivity index (χ1) is 18.9. The van der Waals surface area contributed by atoms with Crippen LogP contribution in [0.4, 0.5) is 0 Å². The van der Waals surface area contributed by atoms with Gasteiger partial charge in [-0.15, -0.1) is 0 Å². The maximum Gasteiger partial charge on any atom is 0.254 e. The zero-order valence-electron chi connectivity index (χ0n) is 23.5. The first-order valence-electron chi connectivity index (χ1n) is 14.0. The Balaban J connectivity index is 1.80. The van der Waals surface area contributed by atoms with E-state index in [2.05, 4.69) is 67.9 Å². The summed E-state index contributed by atoms with van der Waals surface area (Å²) in [5.74, 6) is 0.915. The molecule has 1 heterocycles. The Hall–Kier alpha value is -3.70. The van der Waals surface area contributed by atoms with Crippen molar-refractivity contribution >= 4 is 5.91 Å². The number of imidazole rings is 1. The Kier molecular flexibility index (Phi) is 9.72. The van der Waals surface area contributed by atoms with E-state index in [-0.39, 0.29) is 24.0 Å². The Morgan fingerprint density at radius 1 is 0.846 bits per heavy atom. The van der Waals surface area contributed by atoms with E-state index in [1.807, 2.05) is 59.5 Å². The van der Waals surface area contributed by atoms with E-state index >= 15 is 0 Å². The quantitative estimate of drug-likeness (QED) is 0.197. The van der Waals surface area contributed by atoms with Crippen LogP contribution in [0.5, 0.6) is 0 Å². The highest BCUT2D eigenvalue weighted by atomic mass is 16.2. The molecular formula is C34H41N3O2. The minimum atomic E-state index is -0.275. The Morgan fingerprint density at radius 2 is 1.44 bits per heavy atom. The molecule has 0 bridgehead atoms. The molecule has 0 saturated carbocycles. The number of hydrogen-bond donors (Lipinski definition) is 1. The molecule has 0 radical (unpaired) electrons. The fourth-order valence-electron chi connectivity index (χ4n) is 5.14. The fraction of sp³-hybridized carbons (Fsp3) is 0.353. The molecule has 4 aromatic rings. The van der Waals surface area contributed by atoms with Crippen molar-refractivity contribution < 1.29 is 9.90 Å². The van der Waals surface area contributed by atoms with Crippen molar-refractivity contribution in [3.05, 3.63) is 114 Å². The molecular weight excluding hydrogens is 482 g/mol. The molecule has 0 unspecified atom stereocenters. The first-order valence-corrected chi connectivity index (χ1v) is 14.0. The van der Waals surface area contributed by atoms with E-state index in [0.29, 0.717) is 18.7 Å². The lowest BCUT2D eigenvalue weighted by Crippen LogP contribution is -2.43. The Labute approximate surface area is 233 Å². The molecule has 0 aliphatic rings. The maximum atomic E-state index is 14.1. The van der Waals surface area contributed by atoms with Gasteiger partial charge in [0.25, 0.3) is 5.91 Å². The van der Waals surface area contributed by atoms with E-state index in [9.17, 15) is 9.90 Å². The second-order valence-corrected chi connectivity index (χ2v) is 11.2. The van der Waals surface area contributed by atoms with Crippen LogP contribution < -0.4 is 0 Å². The first kappa shape index (κ1) is 28.3. The van der Waals surface area contributed by atoms with E-state index in [1.165, 1.54) is 5.56 Å². The number of aromatic nitrogens is 2. The van der Waals surface area contributed by atoms with Gasteiger partial charge in [0.05, 0.1) is 11.7 Å². The van der Waals surface area contributed by atoms with Gasteiger partial charge in [-0.1, -0.05) is 112 Å². The van der Waals surface area contributed by atoms with Gasteiger partial charge in [0, 0.05) is 37.0 Å². The third-order valence-corrected chi connectivity index (χ3v) is 7.04. The van der Waals surface area contributed by atoms with Gasteiger partial charge in [-0.2, -0.15) is 0 Å². The van der Waals surface area contributed by atoms with Gasteiger partial charge < -0.3 is 14.6 Å². The number of aliphatic hydroxyl groups is 1. The minimum absolute atomic E-state index is 0.0215. The molecule has 0 spiro atoms. The molecule has 1 aromatic heterocycles. The Morgan fingerprint density at radius 3 is 2.05 bits per heavy atom. The molecule has 39 heavy (non-hydrogen) atoms. The van der Waals surface area contributed by atoms with Gasteiger partial charge >= 0.3 is 0 Å². The lowest BCUT2D eigenvalue weighted by molar-refractivity contribution is 0.0477. The van der Waals surface area contributed by atoms with Crippen LogP contribution in [-0.4, -0.2) is 38.6 Å². The summed E-state index contributed by atoms with van der Waals surface area (Å²) in [6, 6.07) is 30.0. The summed E-state index contributed by atoms with van der Waals surface area (Å²) >= 11 is 0. The third kappa shape index (κ3) is 7.45. The van der Waals surface area contributed by atoms with E-state index < -0.39 is 0 Å². The molecule has 5 heteroatoms. The smallest absolute Gasteiger partial charge is 0.254 e. The van der Waals surface area contributed by atoms with Crippen molar-refractivity contribution in [2.75, 3.05) is 13.2 Å². The van der Waals surface area contributed by atoms with Crippen LogP contribution >= 0.6 is 0 Å². The molecule has 0 aliphatic heterocycles. The zero-order chi connectivity index (χ0) is 27.7. The van der Waals surface area contributed by atoms with Crippen molar-refractivity contribution in [2.24, 2.45) is 5.41 Å². The molecule has 0 saturated heterocycles. The number of hydrogen-bond acceptors (Lipinski definition) is 3. The number of unbranched alkanes of at least 4 members (excludes halogenated alkanes) is 3. The average molecular weight is 524 g/mol. The molecule has 3 aromatic carbocycles. The number of nitrogens with zero attached hydrogens (tertiary/aromatic N) is 3. The number of aliphatic hydroxyl groups excluding tert-OH is 1. The Bertz CT molecular complexity index is 1290. The predicted octanol–water partition coefficient (Wildman–Crippen LogP) is 7.38. The second kappa shape index (κ2) is 13.4. The van der Waals surface area contributed by atoms with Gasteiger partial charge in [-0.25, -0.2) is 4.98 Å². The minimum Gasteiger partial charge on any atom is -0.396 e. The van der Waals surface area contributed by atoms with E-state index in [0.717, 1.165) is 42.8 Å². The average Bonchev–Trinajstić information content (AvgIpc) is 3.35. The summed E-state index contributed by atoms with van der Waals surface area (Å²) in [6.07, 6.45) is 5.70. The number of carbonyl (C=O) groups is 1. The molecule has 1 N–H and O–H groups in total. The summed E-state index contributed by atoms with van der Waals surface area (Å²) in [5.41, 5.74) is 3.57. The number of amides is 1. The molecule has 204 valence electrons. The van der Waals surface area contributed by atoms with Crippen LogP contribution in [0, 0.1) is 5.41 Å². The molecule has 5 nitrogen and oxygen atoms in total. The predicted molar refractivity (Wildman–Crippen MR) is 158 cm³/mol. The maximum absolute atomic E-state index is 14.1. The third-order valence-electron chi connectivity index (χ3n) is 7.04. The second-order valence-electron chi connectivity index (χ2n) is 11.2. The molecule has 4 rings (SSSR count). The van der Waals surface area contributed by atoms with E-state index in [1.54, 1.807) is 0 Å². The van der Waals surface area contributed by atoms with E-state index in [4.69, 9.17) is 4.98 Å². The molecule has 0 fully saturated rings. The summed E-state index contributed by atoms with van der Waals surface area (Å²) in [5, 5.41) is 9.23. The summed E-state index contributed by atoms with van der Waals surface area (Å²) in [6.45, 7) is 8.08.